The molecule has 0 aliphatic carbocycles. The van der Waals surface area contributed by atoms with E-state index >= 15 is 0 Å². The molecule has 5 heteroatoms. The lowest BCUT2D eigenvalue weighted by molar-refractivity contribution is -0.119. The highest BCUT2D eigenvalue weighted by atomic mass is 19.4. The highest BCUT2D eigenvalue weighted by Crippen LogP contribution is 2.33. The Labute approximate surface area is 91.6 Å². The molecule has 0 unspecified atom stereocenters. The second-order valence-corrected chi connectivity index (χ2v) is 3.78. The van der Waals surface area contributed by atoms with Gasteiger partial charge in [0.15, 0.2) is 0 Å². The molecule has 88 valence electrons. The Morgan fingerprint density at radius 1 is 1.38 bits per heavy atom. The Balaban J connectivity index is 2.20. The lowest BCUT2D eigenvalue weighted by Gasteiger charge is -2.20. The normalized spacial score (nSPS) is 15.1. The van der Waals surface area contributed by atoms with Gasteiger partial charge in [-0.1, -0.05) is 0 Å². The van der Waals surface area contributed by atoms with Crippen LogP contribution in [0.5, 0.6) is 5.75 Å². The first-order chi connectivity index (χ1) is 7.49. The fourth-order valence-corrected chi connectivity index (χ4v) is 1.95. The Hall–Kier alpha value is -1.39. The SMILES string of the molecule is COc1ccc2c(c1)CCN2CC(F)(F)F. The van der Waals surface area contributed by atoms with Crippen molar-refractivity contribution in [3.05, 3.63) is 23.8 Å². The zero-order valence-corrected chi connectivity index (χ0v) is 8.84. The van der Waals surface area contributed by atoms with E-state index in [0.717, 1.165) is 5.56 Å². The van der Waals surface area contributed by atoms with E-state index in [-0.39, 0.29) is 0 Å². The van der Waals surface area contributed by atoms with E-state index in [0.29, 0.717) is 24.4 Å². The molecule has 0 atom stereocenters. The molecular weight excluding hydrogens is 219 g/mol. The number of ether oxygens (including phenoxy) is 1. The van der Waals surface area contributed by atoms with Gasteiger partial charge in [0, 0.05) is 12.2 Å². The second kappa shape index (κ2) is 3.88. The van der Waals surface area contributed by atoms with Gasteiger partial charge in [-0.15, -0.1) is 0 Å². The first-order valence-corrected chi connectivity index (χ1v) is 4.98. The fraction of sp³-hybridized carbons (Fsp3) is 0.455. The number of methoxy groups -OCH3 is 1. The highest BCUT2D eigenvalue weighted by Gasteiger charge is 2.33. The molecule has 1 aliphatic rings. The largest absolute Gasteiger partial charge is 0.497 e. The monoisotopic (exact) mass is 231 g/mol. The summed E-state index contributed by atoms with van der Waals surface area (Å²) >= 11 is 0. The van der Waals surface area contributed by atoms with Crippen molar-refractivity contribution in [1.29, 1.82) is 0 Å². The van der Waals surface area contributed by atoms with E-state index in [1.807, 2.05) is 0 Å². The maximum atomic E-state index is 12.3. The molecule has 1 aromatic rings. The zero-order valence-electron chi connectivity index (χ0n) is 8.84. The smallest absolute Gasteiger partial charge is 0.405 e. The maximum absolute atomic E-state index is 12.3. The van der Waals surface area contributed by atoms with Crippen molar-refractivity contribution in [2.45, 2.75) is 12.6 Å². The van der Waals surface area contributed by atoms with Crippen LogP contribution >= 0.6 is 0 Å². The summed E-state index contributed by atoms with van der Waals surface area (Å²) in [4.78, 5) is 1.36. The van der Waals surface area contributed by atoms with Gasteiger partial charge in [-0.25, -0.2) is 0 Å². The van der Waals surface area contributed by atoms with Crippen molar-refractivity contribution in [2.75, 3.05) is 25.1 Å². The number of rotatable bonds is 2. The van der Waals surface area contributed by atoms with Crippen molar-refractivity contribution in [3.8, 4) is 5.75 Å². The van der Waals surface area contributed by atoms with E-state index in [9.17, 15) is 13.2 Å². The van der Waals surface area contributed by atoms with Crippen LogP contribution in [-0.2, 0) is 6.42 Å². The number of halogens is 3. The van der Waals surface area contributed by atoms with Crippen LogP contribution in [0.25, 0.3) is 0 Å². The van der Waals surface area contributed by atoms with Gasteiger partial charge >= 0.3 is 6.18 Å². The van der Waals surface area contributed by atoms with Crippen LogP contribution in [0.15, 0.2) is 18.2 Å². The molecule has 0 saturated heterocycles. The molecule has 0 amide bonds. The third kappa shape index (κ3) is 2.23. The van der Waals surface area contributed by atoms with Crippen LogP contribution in [0.3, 0.4) is 0 Å². The Morgan fingerprint density at radius 3 is 2.75 bits per heavy atom. The van der Waals surface area contributed by atoms with Crippen molar-refractivity contribution in [2.24, 2.45) is 0 Å². The third-order valence-corrected chi connectivity index (χ3v) is 2.65. The molecule has 0 aromatic heterocycles. The zero-order chi connectivity index (χ0) is 11.8. The average Bonchev–Trinajstić information content (AvgIpc) is 2.58. The third-order valence-electron chi connectivity index (χ3n) is 2.65. The van der Waals surface area contributed by atoms with Crippen LogP contribution in [0.2, 0.25) is 0 Å². The van der Waals surface area contributed by atoms with Gasteiger partial charge in [0.2, 0.25) is 0 Å². The van der Waals surface area contributed by atoms with Gasteiger partial charge in [0.25, 0.3) is 0 Å². The number of anilines is 1. The van der Waals surface area contributed by atoms with E-state index in [1.54, 1.807) is 25.3 Å². The molecule has 0 radical (unpaired) electrons. The minimum Gasteiger partial charge on any atom is -0.497 e. The first kappa shape index (κ1) is 11.1. The van der Waals surface area contributed by atoms with Crippen molar-refractivity contribution in [3.63, 3.8) is 0 Å². The molecule has 16 heavy (non-hydrogen) atoms. The molecule has 1 heterocycles. The van der Waals surface area contributed by atoms with Crippen molar-refractivity contribution >= 4 is 5.69 Å². The number of hydrogen-bond acceptors (Lipinski definition) is 2. The number of nitrogens with zero attached hydrogens (tertiary/aromatic N) is 1. The number of benzene rings is 1. The minimum atomic E-state index is -4.15. The van der Waals surface area contributed by atoms with Crippen LogP contribution in [0.4, 0.5) is 18.9 Å². The lowest BCUT2D eigenvalue weighted by Crippen LogP contribution is -2.32. The first-order valence-electron chi connectivity index (χ1n) is 4.98. The molecular formula is C11H12F3NO. The summed E-state index contributed by atoms with van der Waals surface area (Å²) in [6, 6.07) is 5.17. The van der Waals surface area contributed by atoms with E-state index < -0.39 is 12.7 Å². The van der Waals surface area contributed by atoms with E-state index in [4.69, 9.17) is 4.74 Å². The second-order valence-electron chi connectivity index (χ2n) is 3.78. The molecule has 1 aromatic carbocycles. The summed E-state index contributed by atoms with van der Waals surface area (Å²) in [6.45, 7) is -0.464. The summed E-state index contributed by atoms with van der Waals surface area (Å²) in [5, 5.41) is 0. The minimum absolute atomic E-state index is 0.419. The van der Waals surface area contributed by atoms with Gasteiger partial charge < -0.3 is 9.64 Å². The number of fused-ring (bicyclic) bond motifs is 1. The van der Waals surface area contributed by atoms with E-state index in [2.05, 4.69) is 0 Å². The summed E-state index contributed by atoms with van der Waals surface area (Å²) in [6.07, 6.45) is -3.51. The maximum Gasteiger partial charge on any atom is 0.405 e. The summed E-state index contributed by atoms with van der Waals surface area (Å²) in [5.41, 5.74) is 1.58. The lowest BCUT2D eigenvalue weighted by atomic mass is 10.1. The standard InChI is InChI=1S/C11H12F3NO/c1-16-9-2-3-10-8(6-9)4-5-15(10)7-11(12,13)14/h2-3,6H,4-5,7H2,1H3. The molecule has 0 N–H and O–H groups in total. The highest BCUT2D eigenvalue weighted by molar-refractivity contribution is 5.60. The molecule has 0 spiro atoms. The van der Waals surface area contributed by atoms with Crippen LogP contribution in [0.1, 0.15) is 5.56 Å². The predicted molar refractivity (Wildman–Crippen MR) is 55.0 cm³/mol. The quantitative estimate of drug-likeness (QED) is 0.775. The molecule has 0 bridgehead atoms. The fourth-order valence-electron chi connectivity index (χ4n) is 1.95. The number of hydrogen-bond donors (Lipinski definition) is 0. The average molecular weight is 231 g/mol. The molecule has 2 nitrogen and oxygen atoms in total. The topological polar surface area (TPSA) is 12.5 Å². The Kier molecular flexibility index (Phi) is 2.69. The Bertz CT molecular complexity index is 389. The molecule has 0 saturated carbocycles. The Morgan fingerprint density at radius 2 is 2.12 bits per heavy atom. The van der Waals surface area contributed by atoms with Gasteiger partial charge in [-0.2, -0.15) is 13.2 Å². The van der Waals surface area contributed by atoms with Crippen molar-refractivity contribution < 1.29 is 17.9 Å². The van der Waals surface area contributed by atoms with Gasteiger partial charge in [-0.05, 0) is 30.2 Å². The van der Waals surface area contributed by atoms with Crippen molar-refractivity contribution in [1.82, 2.24) is 0 Å². The molecule has 1 aliphatic heterocycles. The van der Waals surface area contributed by atoms with Gasteiger partial charge in [0.1, 0.15) is 12.3 Å². The predicted octanol–water partition coefficient (Wildman–Crippen LogP) is 2.62. The van der Waals surface area contributed by atoms with Gasteiger partial charge in [0.05, 0.1) is 7.11 Å². The van der Waals surface area contributed by atoms with Crippen LogP contribution < -0.4 is 9.64 Å². The summed E-state index contributed by atoms with van der Waals surface area (Å²) < 4.78 is 41.9. The summed E-state index contributed by atoms with van der Waals surface area (Å²) in [5.74, 6) is 0.688. The van der Waals surface area contributed by atoms with Crippen LogP contribution in [-0.4, -0.2) is 26.4 Å². The van der Waals surface area contributed by atoms with E-state index in [1.165, 1.54) is 4.90 Å². The molecule has 2 rings (SSSR count). The summed E-state index contributed by atoms with van der Waals surface area (Å²) in [7, 11) is 1.55. The van der Waals surface area contributed by atoms with Crippen LogP contribution in [0, 0.1) is 0 Å². The molecule has 0 fully saturated rings. The number of alkyl halides is 3. The van der Waals surface area contributed by atoms with Gasteiger partial charge in [-0.3, -0.25) is 0 Å².